The zero-order chi connectivity index (χ0) is 17.1. The highest BCUT2D eigenvalue weighted by molar-refractivity contribution is 7.10. The van der Waals surface area contributed by atoms with Crippen molar-refractivity contribution in [3.8, 4) is 0 Å². The highest BCUT2D eigenvalue weighted by Gasteiger charge is 2.43. The minimum absolute atomic E-state index is 0.243. The Balaban J connectivity index is 1.44. The van der Waals surface area contributed by atoms with E-state index in [1.807, 2.05) is 0 Å². The first-order valence-electron chi connectivity index (χ1n) is 9.44. The zero-order valence-electron chi connectivity index (χ0n) is 14.6. The molecule has 132 valence electrons. The molecule has 1 aliphatic heterocycles. The summed E-state index contributed by atoms with van der Waals surface area (Å²) < 4.78 is 0. The van der Waals surface area contributed by atoms with Crippen LogP contribution in [0.25, 0.3) is 0 Å². The largest absolute Gasteiger partial charge is 0.367 e. The zero-order valence-corrected chi connectivity index (χ0v) is 15.4. The smallest absolute Gasteiger partial charge is 0.231 e. The molecular weight excluding hydrogens is 328 g/mol. The second-order valence-corrected chi connectivity index (χ2v) is 8.25. The van der Waals surface area contributed by atoms with Crippen LogP contribution in [0.4, 0.5) is 5.69 Å². The van der Waals surface area contributed by atoms with Gasteiger partial charge in [-0.2, -0.15) is 0 Å². The third-order valence-electron chi connectivity index (χ3n) is 5.85. The average molecular weight is 355 g/mol. The van der Waals surface area contributed by atoms with Gasteiger partial charge in [0.1, 0.15) is 0 Å². The number of hydrogen-bond acceptors (Lipinski definition) is 3. The van der Waals surface area contributed by atoms with Crippen LogP contribution in [0.1, 0.15) is 43.4 Å². The fraction of sp³-hybridized carbons (Fsp3) is 0.476. The molecule has 4 rings (SSSR count). The Morgan fingerprint density at radius 2 is 1.92 bits per heavy atom. The molecule has 4 heteroatoms. The van der Waals surface area contributed by atoms with Gasteiger partial charge in [0.05, 0.1) is 5.41 Å². The van der Waals surface area contributed by atoms with Crippen LogP contribution in [0.3, 0.4) is 0 Å². The third-order valence-corrected chi connectivity index (χ3v) is 6.92. The lowest BCUT2D eigenvalue weighted by atomic mass is 9.83. The maximum atomic E-state index is 13.1. The molecule has 1 atom stereocenters. The van der Waals surface area contributed by atoms with Crippen LogP contribution in [0.5, 0.6) is 0 Å². The molecule has 0 bridgehead atoms. The van der Waals surface area contributed by atoms with E-state index in [0.717, 1.165) is 45.2 Å². The van der Waals surface area contributed by atoms with E-state index in [1.54, 1.807) is 11.3 Å². The van der Waals surface area contributed by atoms with Crippen molar-refractivity contribution in [3.05, 3.63) is 52.7 Å². The molecular formula is C21H26N2OS. The SMILES string of the molecule is O=C(NC[C@H]1CCCN1c1ccccc1)C1(c2cccs2)CCCC1. The van der Waals surface area contributed by atoms with E-state index >= 15 is 0 Å². The van der Waals surface area contributed by atoms with Gasteiger partial charge in [-0.3, -0.25) is 4.79 Å². The lowest BCUT2D eigenvalue weighted by molar-refractivity contribution is -0.126. The fourth-order valence-electron chi connectivity index (χ4n) is 4.50. The van der Waals surface area contributed by atoms with Gasteiger partial charge < -0.3 is 10.2 Å². The van der Waals surface area contributed by atoms with Crippen molar-refractivity contribution < 1.29 is 4.79 Å². The molecule has 1 aliphatic carbocycles. The molecule has 0 radical (unpaired) electrons. The highest BCUT2D eigenvalue weighted by Crippen LogP contribution is 2.43. The second kappa shape index (κ2) is 7.20. The van der Waals surface area contributed by atoms with Crippen molar-refractivity contribution in [1.29, 1.82) is 0 Å². The summed E-state index contributed by atoms with van der Waals surface area (Å²) in [5.41, 5.74) is 0.998. The van der Waals surface area contributed by atoms with Crippen molar-refractivity contribution in [2.45, 2.75) is 50.0 Å². The summed E-state index contributed by atoms with van der Waals surface area (Å²) in [6.07, 6.45) is 6.65. The molecule has 1 saturated carbocycles. The molecule has 25 heavy (non-hydrogen) atoms. The monoisotopic (exact) mass is 354 g/mol. The van der Waals surface area contributed by atoms with Gasteiger partial charge in [0.25, 0.3) is 0 Å². The third kappa shape index (κ3) is 3.20. The van der Waals surface area contributed by atoms with Crippen molar-refractivity contribution in [2.24, 2.45) is 0 Å². The summed E-state index contributed by atoms with van der Waals surface area (Å²) in [5.74, 6) is 0.243. The first kappa shape index (κ1) is 16.6. The van der Waals surface area contributed by atoms with E-state index in [9.17, 15) is 4.79 Å². The van der Waals surface area contributed by atoms with E-state index < -0.39 is 0 Å². The predicted octanol–water partition coefficient (Wildman–Crippen LogP) is 4.35. The minimum Gasteiger partial charge on any atom is -0.367 e. The standard InChI is InChI=1S/C21H26N2OS/c24-20(21(12-4-5-13-21)19-11-7-15-25-19)22-16-18-10-6-14-23(18)17-8-2-1-3-9-17/h1-3,7-9,11,15,18H,4-6,10,12-14,16H2,(H,22,24)/t18-/m1/s1. The van der Waals surface area contributed by atoms with Crippen molar-refractivity contribution in [2.75, 3.05) is 18.0 Å². The number of hydrogen-bond donors (Lipinski definition) is 1. The van der Waals surface area contributed by atoms with Crippen molar-refractivity contribution in [1.82, 2.24) is 5.32 Å². The number of amides is 1. The number of carbonyl (C=O) groups is 1. The molecule has 0 spiro atoms. The molecule has 1 aromatic carbocycles. The number of benzene rings is 1. The summed E-state index contributed by atoms with van der Waals surface area (Å²) in [7, 11) is 0. The molecule has 2 fully saturated rings. The molecule has 2 heterocycles. The molecule has 1 aromatic heterocycles. The van der Waals surface area contributed by atoms with Crippen LogP contribution >= 0.6 is 11.3 Å². The van der Waals surface area contributed by atoms with Crippen LogP contribution in [-0.4, -0.2) is 25.0 Å². The Morgan fingerprint density at radius 3 is 2.64 bits per heavy atom. The Hall–Kier alpha value is -1.81. The first-order valence-corrected chi connectivity index (χ1v) is 10.3. The van der Waals surface area contributed by atoms with Gasteiger partial charge in [0.15, 0.2) is 0 Å². The van der Waals surface area contributed by atoms with Gasteiger partial charge in [0.2, 0.25) is 5.91 Å². The topological polar surface area (TPSA) is 32.3 Å². The molecule has 1 N–H and O–H groups in total. The van der Waals surface area contributed by atoms with Crippen molar-refractivity contribution in [3.63, 3.8) is 0 Å². The summed E-state index contributed by atoms with van der Waals surface area (Å²) >= 11 is 1.73. The van der Waals surface area contributed by atoms with Gasteiger partial charge in [-0.25, -0.2) is 0 Å². The normalized spacial score (nSPS) is 22.2. The van der Waals surface area contributed by atoms with E-state index in [1.165, 1.54) is 17.0 Å². The van der Waals surface area contributed by atoms with Gasteiger partial charge in [-0.05, 0) is 49.3 Å². The van der Waals surface area contributed by atoms with Crippen LogP contribution in [-0.2, 0) is 10.2 Å². The number of carbonyl (C=O) groups excluding carboxylic acids is 1. The van der Waals surface area contributed by atoms with Crippen LogP contribution < -0.4 is 10.2 Å². The minimum atomic E-state index is -0.273. The Labute approximate surface area is 154 Å². The Morgan fingerprint density at radius 1 is 1.12 bits per heavy atom. The van der Waals surface area contributed by atoms with Crippen molar-refractivity contribution >= 4 is 22.9 Å². The summed E-state index contributed by atoms with van der Waals surface area (Å²) in [5, 5.41) is 5.42. The quantitative estimate of drug-likeness (QED) is 0.866. The van der Waals surface area contributed by atoms with E-state index in [0.29, 0.717) is 6.04 Å². The molecule has 0 unspecified atom stereocenters. The maximum Gasteiger partial charge on any atom is 0.231 e. The fourth-order valence-corrected chi connectivity index (χ4v) is 5.49. The predicted molar refractivity (Wildman–Crippen MR) is 104 cm³/mol. The highest BCUT2D eigenvalue weighted by atomic mass is 32.1. The molecule has 2 aliphatic rings. The van der Waals surface area contributed by atoms with E-state index in [4.69, 9.17) is 0 Å². The summed E-state index contributed by atoms with van der Waals surface area (Å²) in [6, 6.07) is 15.2. The second-order valence-electron chi connectivity index (χ2n) is 7.30. The van der Waals surface area contributed by atoms with Crippen LogP contribution in [0.15, 0.2) is 47.8 Å². The lowest BCUT2D eigenvalue weighted by Crippen LogP contribution is -2.47. The number of rotatable bonds is 5. The lowest BCUT2D eigenvalue weighted by Gasteiger charge is -2.30. The first-order chi connectivity index (χ1) is 12.3. The van der Waals surface area contributed by atoms with E-state index in [2.05, 4.69) is 58.1 Å². The number of nitrogens with zero attached hydrogens (tertiary/aromatic N) is 1. The number of thiophene rings is 1. The number of anilines is 1. The van der Waals surface area contributed by atoms with Gasteiger partial charge >= 0.3 is 0 Å². The van der Waals surface area contributed by atoms with Gasteiger partial charge in [0, 0.05) is 29.7 Å². The average Bonchev–Trinajstić information content (AvgIpc) is 3.42. The molecule has 2 aromatic rings. The molecule has 3 nitrogen and oxygen atoms in total. The molecule has 1 saturated heterocycles. The number of nitrogens with one attached hydrogen (secondary N) is 1. The number of para-hydroxylation sites is 1. The summed E-state index contributed by atoms with van der Waals surface area (Å²) in [6.45, 7) is 1.83. The summed E-state index contributed by atoms with van der Waals surface area (Å²) in [4.78, 5) is 16.8. The van der Waals surface area contributed by atoms with E-state index in [-0.39, 0.29) is 11.3 Å². The molecule has 1 amide bonds. The Kier molecular flexibility index (Phi) is 4.80. The van der Waals surface area contributed by atoms with Crippen LogP contribution in [0.2, 0.25) is 0 Å². The van der Waals surface area contributed by atoms with Gasteiger partial charge in [-0.15, -0.1) is 11.3 Å². The maximum absolute atomic E-state index is 13.1. The van der Waals surface area contributed by atoms with Crippen LogP contribution in [0, 0.1) is 0 Å². The Bertz CT molecular complexity index is 692. The van der Waals surface area contributed by atoms with Gasteiger partial charge in [-0.1, -0.05) is 37.1 Å².